The Kier molecular flexibility index (Phi) is 4.51. The van der Waals surface area contributed by atoms with Gasteiger partial charge in [-0.1, -0.05) is 27.0 Å². The number of aliphatic imine (C=N–C) groups is 1. The molecule has 0 N–H and O–H groups in total. The molecule has 62 valence electrons. The fourth-order valence-corrected chi connectivity index (χ4v) is 0.838. The topological polar surface area (TPSA) is 12.4 Å². The van der Waals surface area contributed by atoms with Crippen molar-refractivity contribution in [3.63, 3.8) is 0 Å². The first-order valence-corrected chi connectivity index (χ1v) is 3.91. The molecule has 0 aromatic carbocycles. The minimum Gasteiger partial charge on any atom is -0.259 e. The standard InChI is InChI=1S/C10H17N/c1-6-10(7-8(2)3)11-9(4)5/h6,8H,1,4,7H2,2-3,5H3. The molecular weight excluding hydrogens is 134 g/mol. The van der Waals surface area contributed by atoms with Crippen molar-refractivity contribution >= 4 is 5.71 Å². The van der Waals surface area contributed by atoms with Crippen molar-refractivity contribution in [2.24, 2.45) is 10.9 Å². The second-order valence-corrected chi connectivity index (χ2v) is 3.14. The molecule has 0 fully saturated rings. The highest BCUT2D eigenvalue weighted by atomic mass is 14.7. The lowest BCUT2D eigenvalue weighted by atomic mass is 10.1. The first-order valence-electron chi connectivity index (χ1n) is 3.91. The van der Waals surface area contributed by atoms with Crippen molar-refractivity contribution in [1.82, 2.24) is 0 Å². The number of hydrogen-bond donors (Lipinski definition) is 0. The van der Waals surface area contributed by atoms with Crippen LogP contribution in [0.3, 0.4) is 0 Å². The zero-order valence-corrected chi connectivity index (χ0v) is 7.72. The van der Waals surface area contributed by atoms with Gasteiger partial charge in [-0.25, -0.2) is 0 Å². The number of allylic oxidation sites excluding steroid dienone is 2. The highest BCUT2D eigenvalue weighted by molar-refractivity contribution is 5.95. The van der Waals surface area contributed by atoms with E-state index in [-0.39, 0.29) is 0 Å². The summed E-state index contributed by atoms with van der Waals surface area (Å²) in [6, 6.07) is 0. The fourth-order valence-electron chi connectivity index (χ4n) is 0.838. The Bertz CT molecular complexity index is 175. The molecule has 0 radical (unpaired) electrons. The van der Waals surface area contributed by atoms with Crippen molar-refractivity contribution in [3.05, 3.63) is 24.9 Å². The molecule has 0 atom stereocenters. The normalized spacial score (nSPS) is 11.8. The summed E-state index contributed by atoms with van der Waals surface area (Å²) >= 11 is 0. The van der Waals surface area contributed by atoms with Gasteiger partial charge in [0.2, 0.25) is 0 Å². The van der Waals surface area contributed by atoms with Gasteiger partial charge in [-0.05, 0) is 25.3 Å². The van der Waals surface area contributed by atoms with E-state index in [9.17, 15) is 0 Å². The summed E-state index contributed by atoms with van der Waals surface area (Å²) in [4.78, 5) is 4.24. The van der Waals surface area contributed by atoms with E-state index >= 15 is 0 Å². The summed E-state index contributed by atoms with van der Waals surface area (Å²) < 4.78 is 0. The Morgan fingerprint density at radius 2 is 2.09 bits per heavy atom. The molecule has 0 bridgehead atoms. The van der Waals surface area contributed by atoms with Crippen LogP contribution in [0.5, 0.6) is 0 Å². The third-order valence-electron chi connectivity index (χ3n) is 1.19. The zero-order valence-electron chi connectivity index (χ0n) is 7.72. The lowest BCUT2D eigenvalue weighted by molar-refractivity contribution is 0.685. The molecule has 0 saturated heterocycles. The highest BCUT2D eigenvalue weighted by Crippen LogP contribution is 2.04. The Balaban J connectivity index is 4.16. The number of nitrogens with zero attached hydrogens (tertiary/aromatic N) is 1. The molecule has 0 amide bonds. The first kappa shape index (κ1) is 10.2. The molecule has 0 aliphatic heterocycles. The fraction of sp³-hybridized carbons (Fsp3) is 0.500. The predicted octanol–water partition coefficient (Wildman–Crippen LogP) is 3.19. The molecule has 0 rings (SSSR count). The summed E-state index contributed by atoms with van der Waals surface area (Å²) in [7, 11) is 0. The van der Waals surface area contributed by atoms with Crippen LogP contribution in [0.15, 0.2) is 29.9 Å². The highest BCUT2D eigenvalue weighted by Gasteiger charge is 1.97. The largest absolute Gasteiger partial charge is 0.259 e. The van der Waals surface area contributed by atoms with Gasteiger partial charge in [-0.3, -0.25) is 4.99 Å². The maximum atomic E-state index is 4.24. The van der Waals surface area contributed by atoms with Gasteiger partial charge in [0, 0.05) is 11.4 Å². The van der Waals surface area contributed by atoms with E-state index in [1.54, 1.807) is 6.08 Å². The maximum Gasteiger partial charge on any atom is 0.0403 e. The quantitative estimate of drug-likeness (QED) is 0.547. The van der Waals surface area contributed by atoms with Crippen molar-refractivity contribution < 1.29 is 0 Å². The molecule has 0 aromatic heterocycles. The van der Waals surface area contributed by atoms with E-state index < -0.39 is 0 Å². The molecule has 1 nitrogen and oxygen atoms in total. The first-order chi connectivity index (χ1) is 5.06. The Hall–Kier alpha value is -0.850. The zero-order chi connectivity index (χ0) is 8.85. The Morgan fingerprint density at radius 3 is 2.36 bits per heavy atom. The van der Waals surface area contributed by atoms with E-state index in [2.05, 4.69) is 32.0 Å². The summed E-state index contributed by atoms with van der Waals surface area (Å²) in [5, 5.41) is 0. The lowest BCUT2D eigenvalue weighted by Crippen LogP contribution is -1.99. The van der Waals surface area contributed by atoms with Crippen LogP contribution in [0.2, 0.25) is 0 Å². The van der Waals surface area contributed by atoms with Gasteiger partial charge in [-0.2, -0.15) is 0 Å². The average molecular weight is 151 g/mol. The summed E-state index contributed by atoms with van der Waals surface area (Å²) in [6.45, 7) is 13.6. The van der Waals surface area contributed by atoms with Gasteiger partial charge >= 0.3 is 0 Å². The molecule has 0 unspecified atom stereocenters. The molecule has 11 heavy (non-hydrogen) atoms. The third kappa shape index (κ3) is 5.59. The minimum absolute atomic E-state index is 0.631. The molecule has 0 saturated carbocycles. The van der Waals surface area contributed by atoms with Gasteiger partial charge in [0.1, 0.15) is 0 Å². The molecule has 0 aliphatic carbocycles. The average Bonchev–Trinajstić information content (AvgIpc) is 1.84. The SMILES string of the molecule is C=CC(CC(C)C)=NC(=C)C. The summed E-state index contributed by atoms with van der Waals surface area (Å²) in [5.41, 5.74) is 1.88. The van der Waals surface area contributed by atoms with Crippen LogP contribution in [0, 0.1) is 5.92 Å². The third-order valence-corrected chi connectivity index (χ3v) is 1.19. The predicted molar refractivity (Wildman–Crippen MR) is 51.9 cm³/mol. The van der Waals surface area contributed by atoms with Crippen LogP contribution in [0.25, 0.3) is 0 Å². The Morgan fingerprint density at radius 1 is 1.55 bits per heavy atom. The van der Waals surface area contributed by atoms with Crippen LogP contribution < -0.4 is 0 Å². The van der Waals surface area contributed by atoms with Gasteiger partial charge in [-0.15, -0.1) is 0 Å². The van der Waals surface area contributed by atoms with E-state index in [0.29, 0.717) is 5.92 Å². The summed E-state index contributed by atoms with van der Waals surface area (Å²) in [5.74, 6) is 0.631. The monoisotopic (exact) mass is 151 g/mol. The van der Waals surface area contributed by atoms with Crippen LogP contribution in [-0.4, -0.2) is 5.71 Å². The van der Waals surface area contributed by atoms with Gasteiger partial charge in [0.05, 0.1) is 0 Å². The van der Waals surface area contributed by atoms with E-state index in [0.717, 1.165) is 17.8 Å². The van der Waals surface area contributed by atoms with Crippen molar-refractivity contribution in [1.29, 1.82) is 0 Å². The molecule has 0 aromatic rings. The number of rotatable bonds is 4. The van der Waals surface area contributed by atoms with Gasteiger partial charge < -0.3 is 0 Å². The minimum atomic E-state index is 0.631. The smallest absolute Gasteiger partial charge is 0.0403 e. The lowest BCUT2D eigenvalue weighted by Gasteiger charge is -2.03. The second-order valence-electron chi connectivity index (χ2n) is 3.14. The summed E-state index contributed by atoms with van der Waals surface area (Å²) in [6.07, 6.45) is 2.78. The van der Waals surface area contributed by atoms with Crippen molar-refractivity contribution in [2.45, 2.75) is 27.2 Å². The molecule has 1 heteroatoms. The van der Waals surface area contributed by atoms with Crippen LogP contribution in [0.4, 0.5) is 0 Å². The van der Waals surface area contributed by atoms with Crippen LogP contribution >= 0.6 is 0 Å². The number of hydrogen-bond acceptors (Lipinski definition) is 1. The van der Waals surface area contributed by atoms with E-state index in [1.165, 1.54) is 0 Å². The van der Waals surface area contributed by atoms with Gasteiger partial charge in [0.25, 0.3) is 0 Å². The van der Waals surface area contributed by atoms with Crippen LogP contribution in [0.1, 0.15) is 27.2 Å². The van der Waals surface area contributed by atoms with E-state index in [1.807, 2.05) is 6.92 Å². The van der Waals surface area contributed by atoms with E-state index in [4.69, 9.17) is 0 Å². The maximum absolute atomic E-state index is 4.24. The Labute approximate surface area is 69.5 Å². The molecule has 0 heterocycles. The molecular formula is C10H17N. The van der Waals surface area contributed by atoms with Crippen LogP contribution in [-0.2, 0) is 0 Å². The van der Waals surface area contributed by atoms with Crippen molar-refractivity contribution in [3.8, 4) is 0 Å². The second kappa shape index (κ2) is 4.89. The molecule has 0 aliphatic rings. The van der Waals surface area contributed by atoms with Crippen molar-refractivity contribution in [2.75, 3.05) is 0 Å². The van der Waals surface area contributed by atoms with Gasteiger partial charge in [0.15, 0.2) is 0 Å². The molecule has 0 spiro atoms.